The lowest BCUT2D eigenvalue weighted by Gasteiger charge is -2.21. The van der Waals surface area contributed by atoms with Crippen LogP contribution >= 0.6 is 0 Å². The summed E-state index contributed by atoms with van der Waals surface area (Å²) < 4.78 is 0. The minimum Gasteiger partial charge on any atom is -0.257 e. The van der Waals surface area contributed by atoms with E-state index < -0.39 is 0 Å². The zero-order valence-corrected chi connectivity index (χ0v) is 15.0. The van der Waals surface area contributed by atoms with E-state index in [-0.39, 0.29) is 0 Å². The number of aryl methyl sites for hydroxylation is 2. The number of rotatable bonds is 10. The molecule has 1 rings (SSSR count). The Hall–Kier alpha value is -0.850. The quantitative estimate of drug-likeness (QED) is 0.527. The Morgan fingerprint density at radius 2 is 0.810 bits per heavy atom. The molecule has 1 heteroatoms. The molecular weight excluding hydrogens is 254 g/mol. The van der Waals surface area contributed by atoms with Crippen LogP contribution < -0.4 is 0 Å². The molecule has 0 aliphatic carbocycles. The molecule has 21 heavy (non-hydrogen) atoms. The minimum absolute atomic E-state index is 1.15. The Kier molecular flexibility index (Phi) is 8.64. The summed E-state index contributed by atoms with van der Waals surface area (Å²) in [6.07, 6.45) is 12.1. The van der Waals surface area contributed by atoms with Crippen LogP contribution in [0.25, 0.3) is 0 Å². The van der Waals surface area contributed by atoms with Gasteiger partial charge in [0.1, 0.15) is 0 Å². The zero-order chi connectivity index (χ0) is 15.7. The highest BCUT2D eigenvalue weighted by atomic mass is 14.7. The minimum atomic E-state index is 1.15. The summed E-state index contributed by atoms with van der Waals surface area (Å²) in [5.41, 5.74) is 7.69. The van der Waals surface area contributed by atoms with E-state index in [2.05, 4.69) is 34.6 Å². The van der Waals surface area contributed by atoms with Crippen LogP contribution in [0.2, 0.25) is 0 Å². The predicted octanol–water partition coefficient (Wildman–Crippen LogP) is 5.84. The highest BCUT2D eigenvalue weighted by Crippen LogP contribution is 2.27. The van der Waals surface area contributed by atoms with Crippen molar-refractivity contribution < 1.29 is 0 Å². The van der Waals surface area contributed by atoms with Gasteiger partial charge in [0.05, 0.1) is 0 Å². The van der Waals surface area contributed by atoms with E-state index in [1.165, 1.54) is 62.8 Å². The maximum atomic E-state index is 5.13. The first-order valence-corrected chi connectivity index (χ1v) is 9.25. The van der Waals surface area contributed by atoms with E-state index in [0.717, 1.165) is 12.8 Å². The van der Waals surface area contributed by atoms with Crippen LogP contribution in [0.3, 0.4) is 0 Å². The second kappa shape index (κ2) is 9.97. The fourth-order valence-corrected chi connectivity index (χ4v) is 3.36. The normalized spacial score (nSPS) is 11.1. The number of pyridine rings is 1. The Morgan fingerprint density at radius 1 is 0.476 bits per heavy atom. The fraction of sp³-hybridized carbons (Fsp3) is 0.750. The summed E-state index contributed by atoms with van der Waals surface area (Å²) in [5.74, 6) is 0. The highest BCUT2D eigenvalue weighted by Gasteiger charge is 2.17. The monoisotopic (exact) mass is 289 g/mol. The van der Waals surface area contributed by atoms with E-state index in [0.29, 0.717) is 0 Å². The molecule has 0 N–H and O–H groups in total. The van der Waals surface area contributed by atoms with Gasteiger partial charge < -0.3 is 0 Å². The van der Waals surface area contributed by atoms with Crippen LogP contribution in [0.1, 0.15) is 94.8 Å². The van der Waals surface area contributed by atoms with Crippen molar-refractivity contribution in [2.75, 3.05) is 0 Å². The Bertz CT molecular complexity index is 386. The largest absolute Gasteiger partial charge is 0.257 e. The molecule has 0 saturated carbocycles. The first-order chi connectivity index (χ1) is 10.2. The fourth-order valence-electron chi connectivity index (χ4n) is 3.36. The second-order valence-electron chi connectivity index (χ2n) is 6.19. The first kappa shape index (κ1) is 18.2. The van der Waals surface area contributed by atoms with E-state index in [1.54, 1.807) is 16.7 Å². The Labute approximate surface area is 132 Å². The Morgan fingerprint density at radius 3 is 1.14 bits per heavy atom. The smallest absolute Gasteiger partial charge is 0.0441 e. The molecule has 0 saturated heterocycles. The SMILES string of the molecule is CCCc1nc(CCC)c(CCC)c(CCC)c1CCC. The van der Waals surface area contributed by atoms with Gasteiger partial charge in [-0.2, -0.15) is 0 Å². The zero-order valence-electron chi connectivity index (χ0n) is 15.0. The molecule has 0 spiro atoms. The van der Waals surface area contributed by atoms with E-state index >= 15 is 0 Å². The molecule has 0 radical (unpaired) electrons. The number of aromatic nitrogens is 1. The van der Waals surface area contributed by atoms with Gasteiger partial charge >= 0.3 is 0 Å². The number of hydrogen-bond donors (Lipinski definition) is 0. The van der Waals surface area contributed by atoms with Gasteiger partial charge in [-0.05, 0) is 48.8 Å². The summed E-state index contributed by atoms with van der Waals surface area (Å²) >= 11 is 0. The third kappa shape index (κ3) is 4.83. The average Bonchev–Trinajstić information content (AvgIpc) is 2.47. The van der Waals surface area contributed by atoms with Crippen molar-refractivity contribution >= 4 is 0 Å². The molecule has 120 valence electrons. The lowest BCUT2D eigenvalue weighted by atomic mass is 9.88. The van der Waals surface area contributed by atoms with Gasteiger partial charge in [-0.25, -0.2) is 0 Å². The predicted molar refractivity (Wildman–Crippen MR) is 94.2 cm³/mol. The molecule has 1 aromatic rings. The van der Waals surface area contributed by atoms with E-state index in [1.807, 2.05) is 0 Å². The van der Waals surface area contributed by atoms with Gasteiger partial charge in [-0.1, -0.05) is 66.7 Å². The van der Waals surface area contributed by atoms with Crippen LogP contribution in [0.5, 0.6) is 0 Å². The van der Waals surface area contributed by atoms with Gasteiger partial charge in [0.25, 0.3) is 0 Å². The van der Waals surface area contributed by atoms with Crippen LogP contribution in [0.15, 0.2) is 0 Å². The van der Waals surface area contributed by atoms with Crippen LogP contribution in [0, 0.1) is 0 Å². The van der Waals surface area contributed by atoms with Gasteiger partial charge in [0.2, 0.25) is 0 Å². The molecular formula is C20H35N. The topological polar surface area (TPSA) is 12.9 Å². The van der Waals surface area contributed by atoms with Gasteiger partial charge in [0.15, 0.2) is 0 Å². The summed E-state index contributed by atoms with van der Waals surface area (Å²) in [4.78, 5) is 5.13. The third-order valence-electron chi connectivity index (χ3n) is 4.17. The third-order valence-corrected chi connectivity index (χ3v) is 4.17. The van der Waals surface area contributed by atoms with Crippen LogP contribution in [0.4, 0.5) is 0 Å². The standard InChI is InChI=1S/C20H35N/c1-6-11-16-17(12-7-2)19(14-9-4)21-20(15-10-5)18(16)13-8-3/h6-15H2,1-5H3. The van der Waals surface area contributed by atoms with Crippen LogP contribution in [-0.4, -0.2) is 4.98 Å². The van der Waals surface area contributed by atoms with Crippen LogP contribution in [-0.2, 0) is 32.1 Å². The highest BCUT2D eigenvalue weighted by molar-refractivity contribution is 5.41. The average molecular weight is 290 g/mol. The summed E-state index contributed by atoms with van der Waals surface area (Å²) in [6, 6.07) is 0. The summed E-state index contributed by atoms with van der Waals surface area (Å²) in [7, 11) is 0. The van der Waals surface area contributed by atoms with Crippen molar-refractivity contribution in [1.82, 2.24) is 4.98 Å². The molecule has 0 aromatic carbocycles. The summed E-state index contributed by atoms with van der Waals surface area (Å²) in [5, 5.41) is 0. The van der Waals surface area contributed by atoms with Crippen molar-refractivity contribution in [3.8, 4) is 0 Å². The lowest BCUT2D eigenvalue weighted by molar-refractivity contribution is 0.741. The van der Waals surface area contributed by atoms with Crippen molar-refractivity contribution in [2.45, 2.75) is 98.8 Å². The Balaban J connectivity index is 3.44. The molecule has 1 heterocycles. The molecule has 0 fully saturated rings. The number of hydrogen-bond acceptors (Lipinski definition) is 1. The molecule has 1 aromatic heterocycles. The lowest BCUT2D eigenvalue weighted by Crippen LogP contribution is -2.12. The molecule has 0 amide bonds. The van der Waals surface area contributed by atoms with Crippen molar-refractivity contribution in [3.63, 3.8) is 0 Å². The molecule has 1 nitrogen and oxygen atoms in total. The van der Waals surface area contributed by atoms with Crippen molar-refractivity contribution in [3.05, 3.63) is 28.1 Å². The van der Waals surface area contributed by atoms with Gasteiger partial charge in [-0.3, -0.25) is 4.98 Å². The maximum absolute atomic E-state index is 5.13. The molecule has 0 aliphatic heterocycles. The van der Waals surface area contributed by atoms with Gasteiger partial charge in [0, 0.05) is 11.4 Å². The number of nitrogens with zero attached hydrogens (tertiary/aromatic N) is 1. The molecule has 0 unspecified atom stereocenters. The molecule has 0 atom stereocenters. The molecule has 0 bridgehead atoms. The van der Waals surface area contributed by atoms with Crippen molar-refractivity contribution in [2.24, 2.45) is 0 Å². The van der Waals surface area contributed by atoms with Gasteiger partial charge in [-0.15, -0.1) is 0 Å². The van der Waals surface area contributed by atoms with E-state index in [4.69, 9.17) is 4.98 Å². The van der Waals surface area contributed by atoms with E-state index in [9.17, 15) is 0 Å². The first-order valence-electron chi connectivity index (χ1n) is 9.25. The second-order valence-corrected chi connectivity index (χ2v) is 6.19. The van der Waals surface area contributed by atoms with Crippen molar-refractivity contribution in [1.29, 1.82) is 0 Å². The summed E-state index contributed by atoms with van der Waals surface area (Å²) in [6.45, 7) is 11.5. The molecule has 0 aliphatic rings. The maximum Gasteiger partial charge on any atom is 0.0441 e.